The van der Waals surface area contributed by atoms with Crippen LogP contribution in [-0.4, -0.2) is 29.1 Å². The van der Waals surface area contributed by atoms with Gasteiger partial charge in [-0.1, -0.05) is 12.1 Å². The molecule has 2 aliphatic rings. The fourth-order valence-corrected chi connectivity index (χ4v) is 3.17. The van der Waals surface area contributed by atoms with E-state index in [9.17, 15) is 4.79 Å². The van der Waals surface area contributed by atoms with Crippen LogP contribution in [0.1, 0.15) is 24.0 Å². The van der Waals surface area contributed by atoms with E-state index in [2.05, 4.69) is 22.0 Å². The molecule has 23 heavy (non-hydrogen) atoms. The molecule has 1 aromatic carbocycles. The molecular formula is C18H20N2O3. The molecule has 5 nitrogen and oxygen atoms in total. The third-order valence-corrected chi connectivity index (χ3v) is 4.57. The maximum atomic E-state index is 11.6. The first-order chi connectivity index (χ1) is 11.2. The van der Waals surface area contributed by atoms with Crippen molar-refractivity contribution >= 4 is 0 Å². The molecule has 2 heterocycles. The predicted octanol–water partition coefficient (Wildman–Crippen LogP) is 2.31. The maximum Gasteiger partial charge on any atom is 0.251 e. The molecule has 1 saturated carbocycles. The first-order valence-corrected chi connectivity index (χ1v) is 7.92. The lowest BCUT2D eigenvalue weighted by atomic mass is 10.1. The molecule has 4 rings (SSSR count). The van der Waals surface area contributed by atoms with Gasteiger partial charge in [-0.3, -0.25) is 9.69 Å². The van der Waals surface area contributed by atoms with E-state index in [0.717, 1.165) is 49.5 Å². The third-order valence-electron chi connectivity index (χ3n) is 4.57. The lowest BCUT2D eigenvalue weighted by Gasteiger charge is -2.23. The van der Waals surface area contributed by atoms with E-state index in [1.807, 2.05) is 12.1 Å². The van der Waals surface area contributed by atoms with Gasteiger partial charge in [0, 0.05) is 37.5 Å². The highest BCUT2D eigenvalue weighted by atomic mass is 16.5. The summed E-state index contributed by atoms with van der Waals surface area (Å²) in [4.78, 5) is 16.7. The Morgan fingerprint density at radius 1 is 1.30 bits per heavy atom. The molecule has 2 aromatic rings. The number of methoxy groups -OCH3 is 1. The van der Waals surface area contributed by atoms with Crippen LogP contribution >= 0.6 is 0 Å². The molecule has 120 valence electrons. The van der Waals surface area contributed by atoms with Gasteiger partial charge in [0.25, 0.3) is 5.56 Å². The number of fused-ring (bicyclic) bond motifs is 1. The van der Waals surface area contributed by atoms with Gasteiger partial charge in [0.15, 0.2) is 0 Å². The van der Waals surface area contributed by atoms with Crippen molar-refractivity contribution in [3.63, 3.8) is 0 Å². The van der Waals surface area contributed by atoms with Crippen molar-refractivity contribution in [2.45, 2.75) is 31.5 Å². The Kier molecular flexibility index (Phi) is 3.38. The molecule has 0 atom stereocenters. The van der Waals surface area contributed by atoms with E-state index in [1.165, 1.54) is 5.56 Å². The minimum atomic E-state index is -0.108. The van der Waals surface area contributed by atoms with Crippen molar-refractivity contribution in [1.82, 2.24) is 9.88 Å². The molecule has 0 saturated heterocycles. The molecule has 0 radical (unpaired) electrons. The number of nitrogens with zero attached hydrogens (tertiary/aromatic N) is 1. The van der Waals surface area contributed by atoms with Crippen LogP contribution in [0.2, 0.25) is 0 Å². The summed E-state index contributed by atoms with van der Waals surface area (Å²) in [6, 6.07) is 9.74. The van der Waals surface area contributed by atoms with Crippen molar-refractivity contribution in [3.8, 4) is 11.5 Å². The second-order valence-electron chi connectivity index (χ2n) is 6.47. The van der Waals surface area contributed by atoms with Gasteiger partial charge in [-0.15, -0.1) is 0 Å². The molecule has 1 aliphatic carbocycles. The highest BCUT2D eigenvalue weighted by Gasteiger charge is 2.48. The van der Waals surface area contributed by atoms with Crippen LogP contribution in [0.4, 0.5) is 0 Å². The summed E-state index contributed by atoms with van der Waals surface area (Å²) in [7, 11) is 1.68. The number of benzene rings is 1. The number of rotatable bonds is 3. The molecule has 1 N–H and O–H groups in total. The Balaban J connectivity index is 1.58. The molecule has 5 heteroatoms. The predicted molar refractivity (Wildman–Crippen MR) is 86.8 cm³/mol. The number of aromatic nitrogens is 1. The number of H-pyrrole nitrogens is 1. The zero-order valence-electron chi connectivity index (χ0n) is 13.2. The largest absolute Gasteiger partial charge is 0.497 e. The average molecular weight is 312 g/mol. The van der Waals surface area contributed by atoms with Gasteiger partial charge in [-0.05, 0) is 30.5 Å². The summed E-state index contributed by atoms with van der Waals surface area (Å²) in [6.07, 6.45) is 3.89. The van der Waals surface area contributed by atoms with Crippen LogP contribution in [-0.2, 0) is 13.1 Å². The topological polar surface area (TPSA) is 54.6 Å². The summed E-state index contributed by atoms with van der Waals surface area (Å²) in [5.74, 6) is 1.61. The number of nitrogens with one attached hydrogen (secondary N) is 1. The van der Waals surface area contributed by atoms with E-state index in [-0.39, 0.29) is 11.2 Å². The normalized spacial score (nSPS) is 18.8. The van der Waals surface area contributed by atoms with Gasteiger partial charge in [0.05, 0.1) is 7.11 Å². The molecule has 1 spiro atoms. The number of hydrogen-bond donors (Lipinski definition) is 1. The quantitative estimate of drug-likeness (QED) is 0.945. The van der Waals surface area contributed by atoms with Crippen LogP contribution in [0, 0.1) is 0 Å². The van der Waals surface area contributed by atoms with Gasteiger partial charge in [0.1, 0.15) is 17.1 Å². The first kappa shape index (κ1) is 14.3. The molecule has 0 amide bonds. The monoisotopic (exact) mass is 312 g/mol. The van der Waals surface area contributed by atoms with E-state index in [0.29, 0.717) is 0 Å². The van der Waals surface area contributed by atoms with Crippen LogP contribution in [0.15, 0.2) is 41.3 Å². The smallest absolute Gasteiger partial charge is 0.251 e. The summed E-state index contributed by atoms with van der Waals surface area (Å²) in [5, 5.41) is 0. The van der Waals surface area contributed by atoms with Crippen molar-refractivity contribution in [3.05, 3.63) is 58.0 Å². The Labute approximate surface area is 134 Å². The third kappa shape index (κ3) is 2.97. The molecule has 1 aliphatic heterocycles. The Hall–Kier alpha value is -2.27. The highest BCUT2D eigenvalue weighted by Crippen LogP contribution is 2.44. The SMILES string of the molecule is COc1ccc(CN2Cc3c[nH]c(=O)cc3OC3(CC3)C2)cc1. The summed E-state index contributed by atoms with van der Waals surface area (Å²) >= 11 is 0. The lowest BCUT2D eigenvalue weighted by Crippen LogP contribution is -2.34. The van der Waals surface area contributed by atoms with Crippen LogP contribution < -0.4 is 15.0 Å². The summed E-state index contributed by atoms with van der Waals surface area (Å²) in [5.41, 5.74) is 2.07. The minimum Gasteiger partial charge on any atom is -0.497 e. The summed E-state index contributed by atoms with van der Waals surface area (Å²) < 4.78 is 11.4. The van der Waals surface area contributed by atoms with Crippen molar-refractivity contribution in [2.75, 3.05) is 13.7 Å². The van der Waals surface area contributed by atoms with E-state index in [4.69, 9.17) is 9.47 Å². The number of ether oxygens (including phenoxy) is 2. The molecular weight excluding hydrogens is 292 g/mol. The zero-order valence-corrected chi connectivity index (χ0v) is 13.2. The van der Waals surface area contributed by atoms with Gasteiger partial charge in [-0.25, -0.2) is 0 Å². The van der Waals surface area contributed by atoms with Gasteiger partial charge in [0.2, 0.25) is 0 Å². The maximum absolute atomic E-state index is 11.6. The van der Waals surface area contributed by atoms with Crippen LogP contribution in [0.3, 0.4) is 0 Å². The lowest BCUT2D eigenvalue weighted by molar-refractivity contribution is 0.123. The Bertz CT molecular complexity index is 763. The fourth-order valence-electron chi connectivity index (χ4n) is 3.17. The van der Waals surface area contributed by atoms with E-state index < -0.39 is 0 Å². The standard InChI is InChI=1S/C18H20N2O3/c1-22-15-4-2-13(3-5-15)10-20-11-14-9-19-17(21)8-16(14)23-18(12-20)6-7-18/h2-5,8-9H,6-7,10-12H2,1H3,(H,19,21). The van der Waals surface area contributed by atoms with Crippen LogP contribution in [0.25, 0.3) is 0 Å². The van der Waals surface area contributed by atoms with Crippen molar-refractivity contribution in [1.29, 1.82) is 0 Å². The van der Waals surface area contributed by atoms with Crippen molar-refractivity contribution in [2.24, 2.45) is 0 Å². The number of hydrogen-bond acceptors (Lipinski definition) is 4. The molecule has 1 aromatic heterocycles. The van der Waals surface area contributed by atoms with Gasteiger partial charge in [-0.2, -0.15) is 0 Å². The van der Waals surface area contributed by atoms with Crippen molar-refractivity contribution < 1.29 is 9.47 Å². The summed E-state index contributed by atoms with van der Waals surface area (Å²) in [6.45, 7) is 2.52. The van der Waals surface area contributed by atoms with Gasteiger partial charge >= 0.3 is 0 Å². The molecule has 0 unspecified atom stereocenters. The van der Waals surface area contributed by atoms with E-state index >= 15 is 0 Å². The molecule has 0 bridgehead atoms. The van der Waals surface area contributed by atoms with Gasteiger partial charge < -0.3 is 14.5 Å². The fraction of sp³-hybridized carbons (Fsp3) is 0.389. The zero-order chi connectivity index (χ0) is 15.9. The number of aromatic amines is 1. The van der Waals surface area contributed by atoms with E-state index in [1.54, 1.807) is 19.4 Å². The Morgan fingerprint density at radius 2 is 2.09 bits per heavy atom. The molecule has 1 fully saturated rings. The Morgan fingerprint density at radius 3 is 2.78 bits per heavy atom. The number of pyridine rings is 1. The first-order valence-electron chi connectivity index (χ1n) is 7.92. The second kappa shape index (κ2) is 5.42. The minimum absolute atomic E-state index is 0.106. The average Bonchev–Trinajstić information content (AvgIpc) is 3.32. The highest BCUT2D eigenvalue weighted by molar-refractivity contribution is 5.33. The second-order valence-corrected chi connectivity index (χ2v) is 6.47. The van der Waals surface area contributed by atoms with Crippen LogP contribution in [0.5, 0.6) is 11.5 Å².